The number of nitrogens with one attached hydrogen (secondary N) is 1. The van der Waals surface area contributed by atoms with E-state index in [1.165, 1.54) is 29.6 Å². The van der Waals surface area contributed by atoms with Gasteiger partial charge in [-0.15, -0.1) is 0 Å². The predicted octanol–water partition coefficient (Wildman–Crippen LogP) is 0.547. The molecule has 0 unspecified atom stereocenters. The van der Waals surface area contributed by atoms with Crippen LogP contribution in [0.4, 0.5) is 11.6 Å². The number of hydrogen-bond donors (Lipinski definition) is 6. The molecule has 0 saturated carbocycles. The number of aliphatic hydroxyl groups excluding tert-OH is 1. The van der Waals surface area contributed by atoms with Gasteiger partial charge in [0.1, 0.15) is 53.8 Å². The largest absolute Gasteiger partial charge is 0.386 e. The van der Waals surface area contributed by atoms with Crippen molar-refractivity contribution in [3.63, 3.8) is 0 Å². The first-order valence-electron chi connectivity index (χ1n) is 13.6. The summed E-state index contributed by atoms with van der Waals surface area (Å²) >= 11 is 8.35. The Morgan fingerprint density at radius 1 is 0.978 bits per heavy atom. The van der Waals surface area contributed by atoms with Gasteiger partial charge in [-0.1, -0.05) is 24.5 Å². The Morgan fingerprint density at radius 2 is 1.74 bits per heavy atom. The number of imidazole rings is 2. The number of thiol groups is 2. The van der Waals surface area contributed by atoms with E-state index in [0.717, 1.165) is 0 Å². The molecule has 4 saturated heterocycles. The number of nitrogens with zero attached hydrogens (tertiary/aromatic N) is 6. The van der Waals surface area contributed by atoms with Gasteiger partial charge in [-0.25, -0.2) is 29.1 Å². The van der Waals surface area contributed by atoms with Gasteiger partial charge in [0.05, 0.1) is 38.0 Å². The minimum atomic E-state index is -4.29. The Hall–Kier alpha value is -2.59. The molecule has 0 amide bonds. The van der Waals surface area contributed by atoms with Gasteiger partial charge in [0.25, 0.3) is 5.56 Å². The molecule has 20 nitrogen and oxygen atoms in total. The molecule has 4 aliphatic heterocycles. The fraction of sp³-hybridized carbons (Fsp3) is 0.500. The molecule has 4 fully saturated rings. The zero-order chi connectivity index (χ0) is 32.2. The van der Waals surface area contributed by atoms with E-state index >= 15 is 0 Å². The third-order valence-corrected chi connectivity index (χ3v) is 11.4. The van der Waals surface area contributed by atoms with Crippen molar-refractivity contribution in [2.75, 3.05) is 31.3 Å². The highest BCUT2D eigenvalue weighted by Crippen LogP contribution is 2.63. The van der Waals surface area contributed by atoms with Gasteiger partial charge >= 0.3 is 13.6 Å². The van der Waals surface area contributed by atoms with Crippen LogP contribution in [0.5, 0.6) is 0 Å². The summed E-state index contributed by atoms with van der Waals surface area (Å²) in [5.74, 6) is 0.195. The summed E-state index contributed by atoms with van der Waals surface area (Å²) in [4.78, 5) is 31.3. The van der Waals surface area contributed by atoms with E-state index in [9.17, 15) is 19.0 Å². The zero-order valence-corrected chi connectivity index (χ0v) is 26.7. The van der Waals surface area contributed by atoms with Crippen molar-refractivity contribution < 1.29 is 46.5 Å². The number of aromatic nitrogens is 7. The number of fused-ring (bicyclic) bond motifs is 3. The van der Waals surface area contributed by atoms with Crippen LogP contribution in [-0.2, 0) is 41.4 Å². The number of rotatable bonds is 2. The van der Waals surface area contributed by atoms with Crippen LogP contribution in [0.25, 0.3) is 22.2 Å². The van der Waals surface area contributed by atoms with Crippen molar-refractivity contribution in [2.24, 2.45) is 0 Å². The number of aliphatic hydroxyl groups is 1. The second-order valence-electron chi connectivity index (χ2n) is 11.0. The summed E-state index contributed by atoms with van der Waals surface area (Å²) in [6, 6.07) is 1.43. The van der Waals surface area contributed by atoms with Crippen molar-refractivity contribution in [1.82, 2.24) is 34.1 Å². The molecule has 0 aromatic carbocycles. The summed E-state index contributed by atoms with van der Waals surface area (Å²) in [5.41, 5.74) is 10.6. The lowest BCUT2D eigenvalue weighted by Gasteiger charge is -2.33. The second kappa shape index (κ2) is 10.7. The highest BCUT2D eigenvalue weighted by atomic mass is 32.7. The Labute approximate surface area is 267 Å². The molecule has 46 heavy (non-hydrogen) atoms. The maximum absolute atomic E-state index is 13.7. The Bertz CT molecular complexity index is 2030. The summed E-state index contributed by atoms with van der Waals surface area (Å²) in [6.07, 6.45) is -4.40. The van der Waals surface area contributed by atoms with Gasteiger partial charge in [-0.05, 0) is 0 Å². The van der Waals surface area contributed by atoms with Crippen LogP contribution >= 0.6 is 38.1 Å². The van der Waals surface area contributed by atoms with Crippen LogP contribution in [0.15, 0.2) is 29.8 Å². The van der Waals surface area contributed by atoms with E-state index in [1.54, 1.807) is 4.57 Å². The van der Waals surface area contributed by atoms with E-state index in [2.05, 4.69) is 49.4 Å². The number of nitrogens with two attached hydrogens (primary N) is 2. The molecule has 6 N–H and O–H groups in total. The van der Waals surface area contributed by atoms with Crippen LogP contribution < -0.4 is 17.0 Å². The summed E-state index contributed by atoms with van der Waals surface area (Å²) in [5, 5.41) is 11.3. The van der Waals surface area contributed by atoms with E-state index in [1.807, 2.05) is 0 Å². The topological polar surface area (TPSA) is 265 Å². The van der Waals surface area contributed by atoms with E-state index in [0.29, 0.717) is 11.2 Å². The highest BCUT2D eigenvalue weighted by Gasteiger charge is 2.66. The minimum absolute atomic E-state index is 0.0329. The third-order valence-electron chi connectivity index (χ3n) is 8.19. The average molecular weight is 718 g/mol. The van der Waals surface area contributed by atoms with Crippen molar-refractivity contribution in [3.8, 4) is 0 Å². The normalized spacial score (nSPS) is 39.7. The van der Waals surface area contributed by atoms with Crippen molar-refractivity contribution in [3.05, 3.63) is 35.4 Å². The van der Waals surface area contributed by atoms with Gasteiger partial charge in [-0.2, -0.15) is 0 Å². The van der Waals surface area contributed by atoms with Crippen LogP contribution in [0.1, 0.15) is 12.5 Å². The Kier molecular flexibility index (Phi) is 7.15. The maximum Gasteiger partial charge on any atom is 0.386 e. The summed E-state index contributed by atoms with van der Waals surface area (Å²) < 4.78 is 71.6. The molecule has 0 radical (unpaired) electrons. The van der Waals surface area contributed by atoms with E-state index in [4.69, 9.17) is 43.8 Å². The standard InChI is InChI=1S/C22H25N9O11P2S2/c23-10-1-8-11(19(33)29-10)27-6-30(8)20-13(32)14-9(39-20)2-37-43(34,45)42-16-15-21(31-7-28-12-17(24)25-5-26-18(12)31)40-22(16,3-36-15)4-38-44(35,46)41-14/h1,5-7,9,13-16,20-21,32H,2-4H2,(H,34,45)(H,35,46)(H3,23,29,33)(H2,24,25,26)/t9-,13-,14-,15-,16+,20-,21-,22-,43-,44-/m1/s1. The molecule has 0 aliphatic carbocycles. The van der Waals surface area contributed by atoms with Crippen molar-refractivity contribution >= 4 is 71.9 Å². The molecule has 246 valence electrons. The van der Waals surface area contributed by atoms with Gasteiger partial charge < -0.3 is 40.3 Å². The molecular weight excluding hydrogens is 692 g/mol. The van der Waals surface area contributed by atoms with Crippen LogP contribution in [-0.4, -0.2) is 95.1 Å². The fourth-order valence-corrected chi connectivity index (χ4v) is 9.14. The molecule has 4 aromatic heterocycles. The SMILES string of the molecule is Nc1cc2c(ncn2[C@@H]2O[C@@H]3CO[P@@](=O)(S)O[C@H]4[C@H]5OC[C@]4(CO[P@@](=O)(S)O[C@H]3[C@H]2O)O[C@H]5n2cnc3c(N)ncnc32)c(=O)[nH]1. The Balaban J connectivity index is 1.10. The predicted molar refractivity (Wildman–Crippen MR) is 162 cm³/mol. The molecule has 4 aromatic rings. The average Bonchev–Trinajstić information content (AvgIpc) is 3.80. The number of ether oxygens (including phenoxy) is 3. The van der Waals surface area contributed by atoms with Gasteiger partial charge in [-0.3, -0.25) is 27.5 Å². The van der Waals surface area contributed by atoms with E-state index in [-0.39, 0.29) is 29.3 Å². The van der Waals surface area contributed by atoms with Crippen LogP contribution in [0.3, 0.4) is 0 Å². The lowest BCUT2D eigenvalue weighted by atomic mass is 10.0. The van der Waals surface area contributed by atoms with E-state index < -0.39 is 80.9 Å². The monoisotopic (exact) mass is 717 g/mol. The van der Waals surface area contributed by atoms with Crippen molar-refractivity contribution in [1.29, 1.82) is 0 Å². The van der Waals surface area contributed by atoms with Gasteiger partial charge in [0.2, 0.25) is 0 Å². The second-order valence-corrected chi connectivity index (χ2v) is 16.8. The van der Waals surface area contributed by atoms with Crippen LogP contribution in [0, 0.1) is 0 Å². The quantitative estimate of drug-likeness (QED) is 0.122. The van der Waals surface area contributed by atoms with Gasteiger partial charge in [0, 0.05) is 6.07 Å². The lowest BCUT2D eigenvalue weighted by Crippen LogP contribution is -2.46. The highest BCUT2D eigenvalue weighted by molar-refractivity contribution is 8.44. The molecule has 8 heterocycles. The molecule has 2 bridgehead atoms. The molecular formula is C22H25N9O11P2S2. The molecule has 0 spiro atoms. The summed E-state index contributed by atoms with van der Waals surface area (Å²) in [6.45, 7) is -9.63. The maximum atomic E-state index is 13.7. The zero-order valence-electron chi connectivity index (χ0n) is 23.1. The number of nitrogen functional groups attached to an aromatic ring is 2. The van der Waals surface area contributed by atoms with Crippen molar-refractivity contribution in [2.45, 2.75) is 48.6 Å². The number of H-pyrrole nitrogens is 1. The third kappa shape index (κ3) is 4.91. The number of pyridine rings is 1. The van der Waals surface area contributed by atoms with Gasteiger partial charge in [0.15, 0.2) is 29.4 Å². The fourth-order valence-electron chi connectivity index (χ4n) is 6.13. The molecule has 10 atom stereocenters. The number of hydrogen-bond acceptors (Lipinski definition) is 17. The number of anilines is 2. The first-order chi connectivity index (χ1) is 21.8. The first-order valence-corrected chi connectivity index (χ1v) is 19.0. The molecule has 8 rings (SSSR count). The summed E-state index contributed by atoms with van der Waals surface area (Å²) in [7, 11) is 0. The molecule has 4 aliphatic rings. The Morgan fingerprint density at radius 3 is 2.57 bits per heavy atom. The number of aromatic amines is 1. The minimum Gasteiger partial charge on any atom is -0.386 e. The molecule has 24 heteroatoms. The smallest absolute Gasteiger partial charge is 0.386 e. The lowest BCUT2D eigenvalue weighted by molar-refractivity contribution is -0.183. The first kappa shape index (κ1) is 30.7. The van der Waals surface area contributed by atoms with Crippen LogP contribution in [0.2, 0.25) is 0 Å².